The van der Waals surface area contributed by atoms with E-state index in [0.717, 1.165) is 19.3 Å². The molecular weight excluding hydrogens is 270 g/mol. The third-order valence-corrected chi connectivity index (χ3v) is 3.48. The second kappa shape index (κ2) is 5.44. The lowest BCUT2D eigenvalue weighted by molar-refractivity contribution is 0.0697. The van der Waals surface area contributed by atoms with Gasteiger partial charge in [-0.25, -0.2) is 18.4 Å². The van der Waals surface area contributed by atoms with Crippen molar-refractivity contribution in [3.8, 4) is 0 Å². The van der Waals surface area contributed by atoms with Crippen LogP contribution in [0.25, 0.3) is 0 Å². The molecule has 0 radical (unpaired) electrons. The molecule has 0 atom stereocenters. The fourth-order valence-corrected chi connectivity index (χ4v) is 1.97. The number of amides is 2. The molecule has 1 saturated carbocycles. The van der Waals surface area contributed by atoms with Gasteiger partial charge in [-0.3, -0.25) is 0 Å². The number of carbonyl (C=O) groups is 2. The number of urea groups is 1. The van der Waals surface area contributed by atoms with Gasteiger partial charge in [-0.2, -0.15) is 0 Å². The van der Waals surface area contributed by atoms with Crippen molar-refractivity contribution in [2.75, 3.05) is 12.4 Å². The molecule has 2 rings (SSSR count). The number of aromatic carboxylic acids is 1. The molecule has 1 aliphatic rings. The standard InChI is InChI=1S/C13H14F2N2O3/c1-17(7-3-2-4-7)13(20)16-11-6-10(15)9(14)5-8(11)12(18)19/h5-7H,2-4H2,1H3,(H,16,20)(H,18,19). The van der Waals surface area contributed by atoms with Gasteiger partial charge in [0.25, 0.3) is 0 Å². The first-order valence-corrected chi connectivity index (χ1v) is 6.16. The molecule has 20 heavy (non-hydrogen) atoms. The highest BCUT2D eigenvalue weighted by atomic mass is 19.2. The maximum atomic E-state index is 13.2. The summed E-state index contributed by atoms with van der Waals surface area (Å²) in [5.74, 6) is -3.92. The van der Waals surface area contributed by atoms with Gasteiger partial charge in [0, 0.05) is 19.2 Å². The Morgan fingerprint density at radius 2 is 1.90 bits per heavy atom. The fourth-order valence-electron chi connectivity index (χ4n) is 1.97. The molecule has 0 bridgehead atoms. The molecule has 0 unspecified atom stereocenters. The molecule has 2 N–H and O–H groups in total. The van der Waals surface area contributed by atoms with Crippen molar-refractivity contribution in [3.63, 3.8) is 0 Å². The van der Waals surface area contributed by atoms with Gasteiger partial charge in [-0.1, -0.05) is 0 Å². The van der Waals surface area contributed by atoms with Crippen molar-refractivity contribution in [1.82, 2.24) is 4.90 Å². The van der Waals surface area contributed by atoms with E-state index in [1.807, 2.05) is 0 Å². The van der Waals surface area contributed by atoms with Gasteiger partial charge in [-0.15, -0.1) is 0 Å². The van der Waals surface area contributed by atoms with Gasteiger partial charge >= 0.3 is 12.0 Å². The molecule has 0 aromatic heterocycles. The third-order valence-electron chi connectivity index (χ3n) is 3.48. The predicted octanol–water partition coefficient (Wildman–Crippen LogP) is 2.68. The number of hydrogen-bond acceptors (Lipinski definition) is 2. The zero-order valence-corrected chi connectivity index (χ0v) is 10.8. The third kappa shape index (κ3) is 2.71. The Bertz CT molecular complexity index is 559. The largest absolute Gasteiger partial charge is 0.478 e. The Morgan fingerprint density at radius 3 is 2.40 bits per heavy atom. The topological polar surface area (TPSA) is 69.6 Å². The highest BCUT2D eigenvalue weighted by molar-refractivity contribution is 6.00. The normalized spacial score (nSPS) is 14.6. The first-order valence-electron chi connectivity index (χ1n) is 6.16. The molecule has 1 aromatic carbocycles. The van der Waals surface area contributed by atoms with Crippen LogP contribution < -0.4 is 5.32 Å². The van der Waals surface area contributed by atoms with Crippen molar-refractivity contribution in [2.45, 2.75) is 25.3 Å². The van der Waals surface area contributed by atoms with Crippen LogP contribution in [0.1, 0.15) is 29.6 Å². The lowest BCUT2D eigenvalue weighted by Gasteiger charge is -2.34. The monoisotopic (exact) mass is 284 g/mol. The number of carboxylic acids is 1. The van der Waals surface area contributed by atoms with E-state index in [0.29, 0.717) is 12.1 Å². The molecule has 7 heteroatoms. The molecule has 0 aliphatic heterocycles. The summed E-state index contributed by atoms with van der Waals surface area (Å²) >= 11 is 0. The molecule has 1 aromatic rings. The Kier molecular flexibility index (Phi) is 3.87. The number of hydrogen-bond donors (Lipinski definition) is 2. The minimum atomic E-state index is -1.44. The number of benzene rings is 1. The molecule has 0 heterocycles. The number of anilines is 1. The SMILES string of the molecule is CN(C(=O)Nc1cc(F)c(F)cc1C(=O)O)C1CCC1. The number of rotatable bonds is 3. The summed E-state index contributed by atoms with van der Waals surface area (Å²) in [5, 5.41) is 11.3. The van der Waals surface area contributed by atoms with Crippen LogP contribution in [0.3, 0.4) is 0 Å². The van der Waals surface area contributed by atoms with Crippen LogP contribution in [0.5, 0.6) is 0 Å². The van der Waals surface area contributed by atoms with Gasteiger partial charge in [0.15, 0.2) is 11.6 Å². The molecule has 1 aliphatic carbocycles. The summed E-state index contributed by atoms with van der Waals surface area (Å²) in [5.41, 5.74) is -0.744. The smallest absolute Gasteiger partial charge is 0.337 e. The molecular formula is C13H14F2N2O3. The van der Waals surface area contributed by atoms with Crippen LogP contribution in [0.15, 0.2) is 12.1 Å². The zero-order valence-electron chi connectivity index (χ0n) is 10.8. The number of carboxylic acid groups (broad SMARTS) is 1. The first kappa shape index (κ1) is 14.2. The van der Waals surface area contributed by atoms with Gasteiger partial charge in [0.05, 0.1) is 11.3 Å². The second-order valence-electron chi connectivity index (χ2n) is 4.74. The van der Waals surface area contributed by atoms with Gasteiger partial charge in [-0.05, 0) is 25.3 Å². The van der Waals surface area contributed by atoms with Gasteiger partial charge in [0.1, 0.15) is 0 Å². The van der Waals surface area contributed by atoms with E-state index in [4.69, 9.17) is 5.11 Å². The number of halogens is 2. The quantitative estimate of drug-likeness (QED) is 0.896. The maximum Gasteiger partial charge on any atom is 0.337 e. The van der Waals surface area contributed by atoms with Crippen molar-refractivity contribution in [1.29, 1.82) is 0 Å². The molecule has 108 valence electrons. The number of carbonyl (C=O) groups excluding carboxylic acids is 1. The summed E-state index contributed by atoms with van der Waals surface area (Å²) < 4.78 is 26.2. The van der Waals surface area contributed by atoms with Crippen LogP contribution >= 0.6 is 0 Å². The number of nitrogens with one attached hydrogen (secondary N) is 1. The average Bonchev–Trinajstić information content (AvgIpc) is 2.30. The minimum Gasteiger partial charge on any atom is -0.478 e. The molecule has 5 nitrogen and oxygen atoms in total. The molecule has 2 amide bonds. The van der Waals surface area contributed by atoms with Crippen LogP contribution in [0, 0.1) is 11.6 Å². The predicted molar refractivity (Wildman–Crippen MR) is 67.7 cm³/mol. The zero-order chi connectivity index (χ0) is 14.9. The Labute approximate surface area is 114 Å². The van der Waals surface area contributed by atoms with E-state index in [1.54, 1.807) is 7.05 Å². The van der Waals surface area contributed by atoms with Crippen LogP contribution in [-0.2, 0) is 0 Å². The first-order chi connectivity index (χ1) is 9.40. The van der Waals surface area contributed by atoms with Crippen molar-refractivity contribution >= 4 is 17.7 Å². The van der Waals surface area contributed by atoms with Crippen molar-refractivity contribution in [3.05, 3.63) is 29.3 Å². The lowest BCUT2D eigenvalue weighted by atomic mass is 9.92. The van der Waals surface area contributed by atoms with Crippen LogP contribution in [0.4, 0.5) is 19.3 Å². The highest BCUT2D eigenvalue weighted by Crippen LogP contribution is 2.25. The lowest BCUT2D eigenvalue weighted by Crippen LogP contribution is -2.43. The Balaban J connectivity index is 2.21. The Hall–Kier alpha value is -2.18. The highest BCUT2D eigenvalue weighted by Gasteiger charge is 2.26. The van der Waals surface area contributed by atoms with E-state index in [9.17, 15) is 18.4 Å². The summed E-state index contributed by atoms with van der Waals surface area (Å²) in [7, 11) is 1.58. The Morgan fingerprint density at radius 1 is 1.30 bits per heavy atom. The van der Waals surface area contributed by atoms with Crippen molar-refractivity contribution < 1.29 is 23.5 Å². The number of nitrogens with zero attached hydrogens (tertiary/aromatic N) is 1. The van der Waals surface area contributed by atoms with Crippen LogP contribution in [-0.4, -0.2) is 35.1 Å². The molecule has 0 saturated heterocycles. The van der Waals surface area contributed by atoms with Crippen LogP contribution in [0.2, 0.25) is 0 Å². The van der Waals surface area contributed by atoms with E-state index in [2.05, 4.69) is 5.32 Å². The summed E-state index contributed by atoms with van der Waals surface area (Å²) in [4.78, 5) is 24.3. The van der Waals surface area contributed by atoms with E-state index in [-0.39, 0.29) is 11.7 Å². The molecule has 0 spiro atoms. The minimum absolute atomic E-state index is 0.105. The second-order valence-corrected chi connectivity index (χ2v) is 4.74. The van der Waals surface area contributed by atoms with Gasteiger partial charge in [0.2, 0.25) is 0 Å². The van der Waals surface area contributed by atoms with Crippen molar-refractivity contribution in [2.24, 2.45) is 0 Å². The fraction of sp³-hybridized carbons (Fsp3) is 0.385. The van der Waals surface area contributed by atoms with E-state index >= 15 is 0 Å². The summed E-state index contributed by atoms with van der Waals surface area (Å²) in [6.45, 7) is 0. The average molecular weight is 284 g/mol. The van der Waals surface area contributed by atoms with E-state index in [1.165, 1.54) is 4.90 Å². The maximum absolute atomic E-state index is 13.2. The van der Waals surface area contributed by atoms with Gasteiger partial charge < -0.3 is 15.3 Å². The molecule has 1 fully saturated rings. The summed E-state index contributed by atoms with van der Waals surface area (Å²) in [6, 6.07) is 0.791. The summed E-state index contributed by atoms with van der Waals surface area (Å²) in [6.07, 6.45) is 2.80. The van der Waals surface area contributed by atoms with E-state index < -0.39 is 29.2 Å².